The Bertz CT molecular complexity index is 396. The molecule has 0 radical (unpaired) electrons. The number of aromatic nitrogens is 3. The topological polar surface area (TPSA) is 75.5 Å². The van der Waals surface area contributed by atoms with Crippen LogP contribution in [0.15, 0.2) is 24.2 Å². The van der Waals surface area contributed by atoms with Crippen molar-refractivity contribution < 1.29 is 18.3 Å². The fourth-order valence-electron chi connectivity index (χ4n) is 1.14. The average Bonchev–Trinajstić information content (AvgIpc) is 2.82. The van der Waals surface area contributed by atoms with E-state index in [4.69, 9.17) is 13.8 Å². The van der Waals surface area contributed by atoms with Crippen molar-refractivity contribution in [3.63, 3.8) is 0 Å². The molecule has 0 atom stereocenters. The Morgan fingerprint density at radius 3 is 2.65 bits per heavy atom. The molecular formula is C9H16N3O4P. The Labute approximate surface area is 99.9 Å². The van der Waals surface area contributed by atoms with Gasteiger partial charge >= 0.3 is 7.60 Å². The van der Waals surface area contributed by atoms with Crippen LogP contribution in [0.3, 0.4) is 0 Å². The van der Waals surface area contributed by atoms with Crippen molar-refractivity contribution in [2.45, 2.75) is 13.5 Å². The molecule has 0 amide bonds. The second-order valence-electron chi connectivity index (χ2n) is 3.03. The monoisotopic (exact) mass is 261 g/mol. The quantitative estimate of drug-likeness (QED) is 0.548. The van der Waals surface area contributed by atoms with E-state index in [2.05, 4.69) is 10.1 Å². The molecule has 0 spiro atoms. The summed E-state index contributed by atoms with van der Waals surface area (Å²) in [4.78, 5) is 3.81. The van der Waals surface area contributed by atoms with E-state index in [0.29, 0.717) is 18.9 Å². The van der Waals surface area contributed by atoms with Gasteiger partial charge in [-0.25, -0.2) is 9.67 Å². The highest BCUT2D eigenvalue weighted by Crippen LogP contribution is 2.49. The Morgan fingerprint density at radius 2 is 2.18 bits per heavy atom. The highest BCUT2D eigenvalue weighted by atomic mass is 31.2. The van der Waals surface area contributed by atoms with Gasteiger partial charge in [0.05, 0.1) is 12.4 Å². The van der Waals surface area contributed by atoms with Crippen molar-refractivity contribution in [2.24, 2.45) is 0 Å². The third-order valence-electron chi connectivity index (χ3n) is 1.93. The van der Waals surface area contributed by atoms with Gasteiger partial charge in [0.25, 0.3) is 0 Å². The predicted molar refractivity (Wildman–Crippen MR) is 61.4 cm³/mol. The van der Waals surface area contributed by atoms with Gasteiger partial charge in [0, 0.05) is 14.2 Å². The molecule has 8 heteroatoms. The number of hydrogen-bond acceptors (Lipinski definition) is 6. The summed E-state index contributed by atoms with van der Waals surface area (Å²) in [6.45, 7) is 2.61. The second kappa shape index (κ2) is 6.54. The molecule has 7 nitrogen and oxygen atoms in total. The molecule has 0 aliphatic carbocycles. The predicted octanol–water partition coefficient (Wildman–Crippen LogP) is 1.64. The van der Waals surface area contributed by atoms with Crippen LogP contribution in [-0.4, -0.2) is 35.6 Å². The van der Waals surface area contributed by atoms with Gasteiger partial charge in [-0.1, -0.05) is 0 Å². The molecule has 96 valence electrons. The summed E-state index contributed by atoms with van der Waals surface area (Å²) >= 11 is 0. The first-order valence-electron chi connectivity index (χ1n) is 5.01. The summed E-state index contributed by atoms with van der Waals surface area (Å²) in [7, 11) is -0.595. The molecule has 0 unspecified atom stereocenters. The van der Waals surface area contributed by atoms with E-state index in [9.17, 15) is 4.57 Å². The van der Waals surface area contributed by atoms with Gasteiger partial charge in [-0.2, -0.15) is 5.10 Å². The molecule has 0 aliphatic heterocycles. The minimum atomic E-state index is -3.23. The van der Waals surface area contributed by atoms with E-state index >= 15 is 0 Å². The van der Waals surface area contributed by atoms with Gasteiger partial charge in [-0.15, -0.1) is 0 Å². The number of ether oxygens (including phenoxy) is 1. The zero-order valence-electron chi connectivity index (χ0n) is 10.1. The Kier molecular flexibility index (Phi) is 5.34. The molecular weight excluding hydrogens is 245 g/mol. The van der Waals surface area contributed by atoms with Crippen LogP contribution in [-0.2, 0) is 24.9 Å². The summed E-state index contributed by atoms with van der Waals surface area (Å²) in [5, 5.41) is 3.93. The highest BCUT2D eigenvalue weighted by Gasteiger charge is 2.19. The van der Waals surface area contributed by atoms with E-state index in [0.717, 1.165) is 0 Å². The average molecular weight is 261 g/mol. The molecule has 0 aliphatic rings. The molecule has 1 rings (SSSR count). The van der Waals surface area contributed by atoms with Crippen LogP contribution in [0.5, 0.6) is 0 Å². The van der Waals surface area contributed by atoms with Crippen LogP contribution in [0.2, 0.25) is 0 Å². The largest absolute Gasteiger partial charge is 0.496 e. The zero-order valence-corrected chi connectivity index (χ0v) is 11.0. The molecule has 1 heterocycles. The second-order valence-corrected chi connectivity index (χ2v) is 5.09. The van der Waals surface area contributed by atoms with E-state index in [-0.39, 0.29) is 0 Å². The van der Waals surface area contributed by atoms with Gasteiger partial charge in [-0.05, 0) is 6.92 Å². The summed E-state index contributed by atoms with van der Waals surface area (Å²) in [6.07, 6.45) is 2.95. The van der Waals surface area contributed by atoms with Crippen molar-refractivity contribution in [3.8, 4) is 0 Å². The molecule has 17 heavy (non-hydrogen) atoms. The van der Waals surface area contributed by atoms with Crippen molar-refractivity contribution >= 4 is 7.60 Å². The standard InChI is InChI=1S/C9H16N3O4P/c1-4-16-9(5-12-8-10-7-11-12)6-17(13,14-2)15-3/h6-8H,4-5H2,1-3H3. The lowest BCUT2D eigenvalue weighted by molar-refractivity contribution is 0.209. The molecule has 0 bridgehead atoms. The number of nitrogens with zero attached hydrogens (tertiary/aromatic N) is 3. The van der Waals surface area contributed by atoms with Crippen LogP contribution in [0, 0.1) is 0 Å². The smallest absolute Gasteiger partial charge is 0.357 e. The van der Waals surface area contributed by atoms with Crippen molar-refractivity contribution in [2.75, 3.05) is 20.8 Å². The molecule has 0 saturated heterocycles. The van der Waals surface area contributed by atoms with E-state index in [1.807, 2.05) is 6.92 Å². The summed E-state index contributed by atoms with van der Waals surface area (Å²) in [5.41, 5.74) is 0. The SMILES string of the molecule is CCOC(=CP(=O)(OC)OC)Cn1cncn1. The van der Waals surface area contributed by atoms with Crippen molar-refractivity contribution in [1.82, 2.24) is 14.8 Å². The number of hydrogen-bond donors (Lipinski definition) is 0. The summed E-state index contributed by atoms with van der Waals surface area (Å²) in [6, 6.07) is 0. The van der Waals surface area contributed by atoms with Crippen molar-refractivity contribution in [1.29, 1.82) is 0 Å². The zero-order chi connectivity index (χ0) is 12.7. The Hall–Kier alpha value is -1.17. The maximum absolute atomic E-state index is 11.9. The van der Waals surface area contributed by atoms with E-state index < -0.39 is 7.60 Å². The Balaban J connectivity index is 2.84. The van der Waals surface area contributed by atoms with Gasteiger partial charge < -0.3 is 13.8 Å². The van der Waals surface area contributed by atoms with Gasteiger partial charge in [-0.3, -0.25) is 4.57 Å². The Morgan fingerprint density at radius 1 is 1.47 bits per heavy atom. The summed E-state index contributed by atoms with van der Waals surface area (Å²) < 4.78 is 28.5. The fraction of sp³-hybridized carbons (Fsp3) is 0.556. The first-order chi connectivity index (χ1) is 8.13. The van der Waals surface area contributed by atoms with Crippen LogP contribution in [0.4, 0.5) is 0 Å². The van der Waals surface area contributed by atoms with Gasteiger partial charge in [0.2, 0.25) is 0 Å². The number of rotatable bonds is 7. The lowest BCUT2D eigenvalue weighted by atomic mass is 10.5. The van der Waals surface area contributed by atoms with Crippen LogP contribution in [0.25, 0.3) is 0 Å². The lowest BCUT2D eigenvalue weighted by Gasteiger charge is -2.13. The molecule has 0 saturated carbocycles. The fourth-order valence-corrected chi connectivity index (χ4v) is 2.01. The lowest BCUT2D eigenvalue weighted by Crippen LogP contribution is -2.05. The first-order valence-corrected chi connectivity index (χ1v) is 6.63. The molecule has 1 aromatic heterocycles. The van der Waals surface area contributed by atoms with Crippen LogP contribution >= 0.6 is 7.60 Å². The number of allylic oxidation sites excluding steroid dienone is 1. The third-order valence-corrected chi connectivity index (χ3v) is 3.55. The molecule has 0 aromatic carbocycles. The van der Waals surface area contributed by atoms with Crippen LogP contribution in [0.1, 0.15) is 6.92 Å². The maximum Gasteiger partial charge on any atom is 0.357 e. The maximum atomic E-state index is 11.9. The van der Waals surface area contributed by atoms with Gasteiger partial charge in [0.15, 0.2) is 0 Å². The van der Waals surface area contributed by atoms with E-state index in [1.165, 1.54) is 32.7 Å². The normalized spacial score (nSPS) is 12.8. The van der Waals surface area contributed by atoms with Crippen molar-refractivity contribution in [3.05, 3.63) is 24.2 Å². The van der Waals surface area contributed by atoms with E-state index in [1.54, 1.807) is 4.68 Å². The highest BCUT2D eigenvalue weighted by molar-refractivity contribution is 7.57. The third kappa shape index (κ3) is 4.30. The molecule has 1 aromatic rings. The molecule has 0 N–H and O–H groups in total. The minimum absolute atomic E-state index is 0.324. The van der Waals surface area contributed by atoms with Crippen LogP contribution < -0.4 is 0 Å². The molecule has 0 fully saturated rings. The minimum Gasteiger partial charge on any atom is -0.496 e. The van der Waals surface area contributed by atoms with Gasteiger partial charge in [0.1, 0.15) is 25.0 Å². The first kappa shape index (κ1) is 13.9. The summed E-state index contributed by atoms with van der Waals surface area (Å²) in [5.74, 6) is 1.81.